The van der Waals surface area contributed by atoms with Crippen LogP contribution in [0.5, 0.6) is 0 Å². The van der Waals surface area contributed by atoms with Gasteiger partial charge >= 0.3 is 6.09 Å². The highest BCUT2D eigenvalue weighted by molar-refractivity contribution is 5.86. The number of alkyl carbamates (subject to hydrolysis) is 1. The van der Waals surface area contributed by atoms with Crippen LogP contribution in [0.3, 0.4) is 0 Å². The number of hydrogen-bond donors (Lipinski definition) is 2. The van der Waals surface area contributed by atoms with Crippen molar-refractivity contribution >= 4 is 12.0 Å². The monoisotopic (exact) mass is 314 g/mol. The smallest absolute Gasteiger partial charge is 0.408 e. The number of hydrogen-bond acceptors (Lipinski definition) is 3. The lowest BCUT2D eigenvalue weighted by Crippen LogP contribution is -2.53. The van der Waals surface area contributed by atoms with Crippen LogP contribution in [0.15, 0.2) is 0 Å². The van der Waals surface area contributed by atoms with Crippen molar-refractivity contribution in [3.63, 3.8) is 0 Å². The normalized spacial score (nSPS) is 14.6. The minimum Gasteiger partial charge on any atom is -0.444 e. The topological polar surface area (TPSA) is 67.4 Å². The Balaban J connectivity index is 4.80. The van der Waals surface area contributed by atoms with Gasteiger partial charge in [0.15, 0.2) is 0 Å². The van der Waals surface area contributed by atoms with Gasteiger partial charge in [-0.2, -0.15) is 0 Å². The van der Waals surface area contributed by atoms with Crippen molar-refractivity contribution in [2.24, 2.45) is 11.8 Å². The third kappa shape index (κ3) is 8.25. The van der Waals surface area contributed by atoms with Crippen LogP contribution < -0.4 is 10.6 Å². The van der Waals surface area contributed by atoms with E-state index in [0.717, 1.165) is 12.8 Å². The highest BCUT2D eigenvalue weighted by Crippen LogP contribution is 2.12. The van der Waals surface area contributed by atoms with E-state index in [1.165, 1.54) is 0 Å². The SMILES string of the molecule is CCCC(NC(=O)C(NC(=O)OC(C)(C)C)C(C)C)C(C)C. The van der Waals surface area contributed by atoms with E-state index in [1.54, 1.807) is 20.8 Å². The Morgan fingerprint density at radius 3 is 1.91 bits per heavy atom. The van der Waals surface area contributed by atoms with Crippen molar-refractivity contribution in [1.82, 2.24) is 10.6 Å². The van der Waals surface area contributed by atoms with Gasteiger partial charge in [0.1, 0.15) is 11.6 Å². The van der Waals surface area contributed by atoms with E-state index < -0.39 is 17.7 Å². The van der Waals surface area contributed by atoms with Crippen molar-refractivity contribution in [1.29, 1.82) is 0 Å². The first-order chi connectivity index (χ1) is 9.97. The Kier molecular flexibility index (Phi) is 8.49. The maximum Gasteiger partial charge on any atom is 0.408 e. The Morgan fingerprint density at radius 2 is 1.55 bits per heavy atom. The van der Waals surface area contributed by atoms with Gasteiger partial charge in [-0.15, -0.1) is 0 Å². The molecule has 0 radical (unpaired) electrons. The molecule has 0 fully saturated rings. The van der Waals surface area contributed by atoms with Gasteiger partial charge in [0.25, 0.3) is 0 Å². The van der Waals surface area contributed by atoms with Crippen LogP contribution in [0.25, 0.3) is 0 Å². The number of carbonyl (C=O) groups excluding carboxylic acids is 2. The molecule has 5 nitrogen and oxygen atoms in total. The van der Waals surface area contributed by atoms with Gasteiger partial charge in [-0.1, -0.05) is 41.0 Å². The van der Waals surface area contributed by atoms with Crippen molar-refractivity contribution in [2.45, 2.75) is 85.9 Å². The van der Waals surface area contributed by atoms with Crippen LogP contribution in [0.1, 0.15) is 68.2 Å². The summed E-state index contributed by atoms with van der Waals surface area (Å²) in [5, 5.41) is 5.74. The highest BCUT2D eigenvalue weighted by Gasteiger charge is 2.28. The lowest BCUT2D eigenvalue weighted by atomic mass is 9.97. The Labute approximate surface area is 135 Å². The minimum absolute atomic E-state index is 0.0121. The number of rotatable bonds is 7. The summed E-state index contributed by atoms with van der Waals surface area (Å²) >= 11 is 0. The first-order valence-corrected chi connectivity index (χ1v) is 8.27. The molecule has 0 bridgehead atoms. The third-order valence-electron chi connectivity index (χ3n) is 3.35. The molecule has 130 valence electrons. The zero-order valence-corrected chi connectivity index (χ0v) is 15.4. The fourth-order valence-electron chi connectivity index (χ4n) is 2.13. The molecule has 0 saturated heterocycles. The molecule has 0 aromatic rings. The average molecular weight is 314 g/mol. The predicted octanol–water partition coefficient (Wildman–Crippen LogP) is 3.48. The summed E-state index contributed by atoms with van der Waals surface area (Å²) in [6.45, 7) is 15.5. The molecule has 2 N–H and O–H groups in total. The predicted molar refractivity (Wildman–Crippen MR) is 89.7 cm³/mol. The molecule has 0 heterocycles. The number of carbonyl (C=O) groups is 2. The molecular weight excluding hydrogens is 280 g/mol. The zero-order valence-electron chi connectivity index (χ0n) is 15.4. The van der Waals surface area contributed by atoms with Crippen LogP contribution in [0.4, 0.5) is 4.79 Å². The maximum absolute atomic E-state index is 12.5. The quantitative estimate of drug-likeness (QED) is 0.756. The minimum atomic E-state index is -0.590. The molecule has 0 aromatic heterocycles. The van der Waals surface area contributed by atoms with Gasteiger partial charge in [0.2, 0.25) is 5.91 Å². The molecule has 0 aliphatic heterocycles. The van der Waals surface area contributed by atoms with Crippen LogP contribution in [0, 0.1) is 11.8 Å². The second kappa shape index (κ2) is 9.01. The number of ether oxygens (including phenoxy) is 1. The fraction of sp³-hybridized carbons (Fsp3) is 0.882. The molecule has 22 heavy (non-hydrogen) atoms. The zero-order chi connectivity index (χ0) is 17.5. The van der Waals surface area contributed by atoms with Crippen molar-refractivity contribution < 1.29 is 14.3 Å². The first-order valence-electron chi connectivity index (χ1n) is 8.27. The lowest BCUT2D eigenvalue weighted by molar-refractivity contribution is -0.125. The summed E-state index contributed by atoms with van der Waals surface area (Å²) in [5.41, 5.74) is -0.579. The van der Waals surface area contributed by atoms with E-state index in [4.69, 9.17) is 4.74 Å². The first kappa shape index (κ1) is 20.7. The lowest BCUT2D eigenvalue weighted by Gasteiger charge is -2.28. The van der Waals surface area contributed by atoms with E-state index in [-0.39, 0.29) is 17.9 Å². The number of amides is 2. The maximum atomic E-state index is 12.5. The Morgan fingerprint density at radius 1 is 1.00 bits per heavy atom. The van der Waals surface area contributed by atoms with Gasteiger partial charge < -0.3 is 15.4 Å². The standard InChI is InChI=1S/C17H34N2O3/c1-9-10-13(11(2)3)18-15(20)14(12(4)5)19-16(21)22-17(6,7)8/h11-14H,9-10H2,1-8H3,(H,18,20)(H,19,21). The van der Waals surface area contributed by atoms with Crippen molar-refractivity contribution in [3.8, 4) is 0 Å². The molecular formula is C17H34N2O3. The molecule has 2 atom stereocenters. The van der Waals surface area contributed by atoms with Crippen LogP contribution in [0.2, 0.25) is 0 Å². The average Bonchev–Trinajstić information content (AvgIpc) is 2.32. The highest BCUT2D eigenvalue weighted by atomic mass is 16.6. The second-order valence-electron chi connectivity index (χ2n) is 7.52. The van der Waals surface area contributed by atoms with Gasteiger partial charge in [-0.3, -0.25) is 4.79 Å². The fourth-order valence-corrected chi connectivity index (χ4v) is 2.13. The third-order valence-corrected chi connectivity index (χ3v) is 3.35. The summed E-state index contributed by atoms with van der Waals surface area (Å²) in [4.78, 5) is 24.4. The van der Waals surface area contributed by atoms with Gasteiger partial charge in [-0.05, 0) is 39.0 Å². The number of nitrogens with one attached hydrogen (secondary N) is 2. The van der Waals surface area contributed by atoms with Gasteiger partial charge in [-0.25, -0.2) is 4.79 Å². The van der Waals surface area contributed by atoms with Crippen LogP contribution in [-0.4, -0.2) is 29.7 Å². The van der Waals surface area contributed by atoms with E-state index in [9.17, 15) is 9.59 Å². The summed E-state index contributed by atoms with van der Waals surface area (Å²) in [7, 11) is 0. The molecule has 0 aromatic carbocycles. The molecule has 0 aliphatic carbocycles. The molecule has 0 saturated carbocycles. The molecule has 0 aliphatic rings. The molecule has 0 spiro atoms. The molecule has 2 unspecified atom stereocenters. The molecule has 5 heteroatoms. The molecule has 2 amide bonds. The van der Waals surface area contributed by atoms with E-state index in [1.807, 2.05) is 13.8 Å². The van der Waals surface area contributed by atoms with Gasteiger partial charge in [0.05, 0.1) is 0 Å². The summed E-state index contributed by atoms with van der Waals surface area (Å²) in [6.07, 6.45) is 1.38. The van der Waals surface area contributed by atoms with E-state index >= 15 is 0 Å². The Bertz CT molecular complexity index is 359. The Hall–Kier alpha value is -1.26. The van der Waals surface area contributed by atoms with Crippen LogP contribution in [-0.2, 0) is 9.53 Å². The summed E-state index contributed by atoms with van der Waals surface area (Å²) in [6, 6.07) is -0.466. The summed E-state index contributed by atoms with van der Waals surface area (Å²) in [5.74, 6) is 0.202. The van der Waals surface area contributed by atoms with Crippen molar-refractivity contribution in [3.05, 3.63) is 0 Å². The summed E-state index contributed by atoms with van der Waals surface area (Å²) < 4.78 is 5.24. The van der Waals surface area contributed by atoms with Crippen LogP contribution >= 0.6 is 0 Å². The van der Waals surface area contributed by atoms with E-state index in [2.05, 4.69) is 31.4 Å². The molecule has 0 rings (SSSR count). The largest absolute Gasteiger partial charge is 0.444 e. The van der Waals surface area contributed by atoms with E-state index in [0.29, 0.717) is 5.92 Å². The van der Waals surface area contributed by atoms with Crippen molar-refractivity contribution in [2.75, 3.05) is 0 Å². The second-order valence-corrected chi connectivity index (χ2v) is 7.52. The van der Waals surface area contributed by atoms with Gasteiger partial charge in [0, 0.05) is 6.04 Å².